The van der Waals surface area contributed by atoms with Crippen molar-refractivity contribution in [2.24, 2.45) is 11.3 Å². The lowest BCUT2D eigenvalue weighted by Gasteiger charge is -2.35. The van der Waals surface area contributed by atoms with E-state index in [9.17, 15) is 5.26 Å². The van der Waals surface area contributed by atoms with Crippen molar-refractivity contribution in [3.8, 4) is 17.5 Å². The Morgan fingerprint density at radius 2 is 1.24 bits per heavy atom. The lowest BCUT2D eigenvalue weighted by atomic mass is 9.67. The Hall–Kier alpha value is -2.21. The maximum Gasteiger partial charge on any atom is 0.159 e. The van der Waals surface area contributed by atoms with Gasteiger partial charge >= 0.3 is 0 Å². The zero-order valence-electron chi connectivity index (χ0n) is 26.4. The molecule has 3 nitrogen and oxygen atoms in total. The second kappa shape index (κ2) is 17.0. The number of unbranched alkanes of at least 4 members (excludes halogenated alkanes) is 9. The summed E-state index contributed by atoms with van der Waals surface area (Å²) in [4.78, 5) is 9.60. The zero-order valence-corrected chi connectivity index (χ0v) is 26.4. The van der Waals surface area contributed by atoms with E-state index in [1.165, 1.54) is 114 Å². The minimum absolute atomic E-state index is 0.0791. The van der Waals surface area contributed by atoms with Gasteiger partial charge in [0.05, 0.1) is 11.5 Å². The molecule has 0 saturated heterocycles. The van der Waals surface area contributed by atoms with Crippen molar-refractivity contribution >= 4 is 0 Å². The van der Waals surface area contributed by atoms with Gasteiger partial charge in [0.25, 0.3) is 0 Å². The number of rotatable bonds is 16. The van der Waals surface area contributed by atoms with Crippen LogP contribution in [0.2, 0.25) is 0 Å². The third-order valence-electron chi connectivity index (χ3n) is 10.5. The molecule has 3 heteroatoms. The number of aromatic nitrogens is 2. The first-order valence-electron chi connectivity index (χ1n) is 17.5. The number of hydrogen-bond acceptors (Lipinski definition) is 3. The molecule has 224 valence electrons. The lowest BCUT2D eigenvalue weighted by Crippen LogP contribution is -2.25. The van der Waals surface area contributed by atoms with E-state index >= 15 is 0 Å². The lowest BCUT2D eigenvalue weighted by molar-refractivity contribution is 0.223. The molecule has 0 bridgehead atoms. The molecule has 2 fully saturated rings. The summed E-state index contributed by atoms with van der Waals surface area (Å²) in [5, 5.41) is 10.0. The predicted octanol–water partition coefficient (Wildman–Crippen LogP) is 11.7. The molecule has 2 aromatic rings. The standard InChI is InChI=1S/C38H57N3/c1-3-5-7-9-11-13-25-38(30-39)26-23-34(24-27-38)32-19-21-35(22-20-32)37-40-28-36(29-41-37)33-17-15-31(16-18-33)14-12-10-8-6-4-2/h19-22,28-29,31,33-34H,3-18,23-27H2,1-2H3/t31-,33-,34-,38-. The van der Waals surface area contributed by atoms with Crippen LogP contribution in [0, 0.1) is 22.7 Å². The largest absolute Gasteiger partial charge is 0.236 e. The van der Waals surface area contributed by atoms with Gasteiger partial charge in [0.2, 0.25) is 0 Å². The van der Waals surface area contributed by atoms with E-state index < -0.39 is 0 Å². The first kappa shape index (κ1) is 31.7. The summed E-state index contributed by atoms with van der Waals surface area (Å²) in [6.45, 7) is 4.56. The SMILES string of the molecule is CCCCCCCC[C@]1(C#N)CC[C@H](c2ccc(-c3ncc([C@H]4CC[C@H](CCCCCCC)CC4)cn3)cc2)CC1. The Kier molecular flexibility index (Phi) is 13.2. The van der Waals surface area contributed by atoms with Crippen LogP contribution in [0.25, 0.3) is 11.4 Å². The van der Waals surface area contributed by atoms with Gasteiger partial charge in [-0.15, -0.1) is 0 Å². The highest BCUT2D eigenvalue weighted by Crippen LogP contribution is 2.46. The summed E-state index contributed by atoms with van der Waals surface area (Å²) >= 11 is 0. The summed E-state index contributed by atoms with van der Waals surface area (Å²) in [7, 11) is 0. The molecule has 0 aliphatic heterocycles. The number of nitrogens with zero attached hydrogens (tertiary/aromatic N) is 3. The van der Waals surface area contributed by atoms with Gasteiger partial charge in [0.15, 0.2) is 5.82 Å². The molecule has 0 N–H and O–H groups in total. The molecule has 0 atom stereocenters. The summed E-state index contributed by atoms with van der Waals surface area (Å²) in [5.41, 5.74) is 3.77. The summed E-state index contributed by atoms with van der Waals surface area (Å²) in [5.74, 6) is 2.99. The van der Waals surface area contributed by atoms with Crippen LogP contribution in [0.5, 0.6) is 0 Å². The summed E-state index contributed by atoms with van der Waals surface area (Å²) < 4.78 is 0. The van der Waals surface area contributed by atoms with Gasteiger partial charge in [0.1, 0.15) is 0 Å². The minimum atomic E-state index is -0.0791. The van der Waals surface area contributed by atoms with E-state index in [1.54, 1.807) is 0 Å². The monoisotopic (exact) mass is 555 g/mol. The van der Waals surface area contributed by atoms with Gasteiger partial charge in [-0.25, -0.2) is 9.97 Å². The van der Waals surface area contributed by atoms with Crippen LogP contribution in [0.4, 0.5) is 0 Å². The second-order valence-electron chi connectivity index (χ2n) is 13.6. The topological polar surface area (TPSA) is 49.6 Å². The van der Waals surface area contributed by atoms with Crippen molar-refractivity contribution in [2.75, 3.05) is 0 Å². The molecule has 2 aliphatic rings. The highest BCUT2D eigenvalue weighted by Gasteiger charge is 2.35. The Morgan fingerprint density at radius 3 is 1.85 bits per heavy atom. The molecule has 1 aromatic carbocycles. The molecule has 41 heavy (non-hydrogen) atoms. The van der Waals surface area contributed by atoms with Gasteiger partial charge < -0.3 is 0 Å². The quantitative estimate of drug-likeness (QED) is 0.193. The molecule has 4 rings (SSSR count). The molecule has 0 spiro atoms. The Balaban J connectivity index is 1.21. The van der Waals surface area contributed by atoms with E-state index in [4.69, 9.17) is 9.97 Å². The number of nitriles is 1. The fourth-order valence-electron chi connectivity index (χ4n) is 7.59. The van der Waals surface area contributed by atoms with E-state index in [1.807, 2.05) is 0 Å². The van der Waals surface area contributed by atoms with Gasteiger partial charge in [-0.3, -0.25) is 0 Å². The summed E-state index contributed by atoms with van der Waals surface area (Å²) in [6.07, 6.45) is 31.3. The molecule has 0 unspecified atom stereocenters. The van der Waals surface area contributed by atoms with Crippen LogP contribution in [-0.2, 0) is 0 Å². The fraction of sp³-hybridized carbons (Fsp3) is 0.711. The average molecular weight is 556 g/mol. The van der Waals surface area contributed by atoms with Crippen molar-refractivity contribution in [3.63, 3.8) is 0 Å². The molecule has 2 saturated carbocycles. The summed E-state index contributed by atoms with van der Waals surface area (Å²) in [6, 6.07) is 11.7. The van der Waals surface area contributed by atoms with Crippen LogP contribution >= 0.6 is 0 Å². The van der Waals surface area contributed by atoms with Gasteiger partial charge in [-0.2, -0.15) is 5.26 Å². The highest BCUT2D eigenvalue weighted by atomic mass is 14.9. The fourth-order valence-corrected chi connectivity index (χ4v) is 7.59. The Bertz CT molecular complexity index is 1020. The van der Waals surface area contributed by atoms with Crippen molar-refractivity contribution in [3.05, 3.63) is 47.8 Å². The highest BCUT2D eigenvalue weighted by molar-refractivity contribution is 5.55. The Labute approximate surface area is 252 Å². The van der Waals surface area contributed by atoms with E-state index in [2.05, 4.69) is 56.6 Å². The van der Waals surface area contributed by atoms with Crippen LogP contribution in [0.15, 0.2) is 36.7 Å². The van der Waals surface area contributed by atoms with Crippen molar-refractivity contribution in [2.45, 2.75) is 161 Å². The first-order valence-corrected chi connectivity index (χ1v) is 17.5. The maximum atomic E-state index is 10.0. The smallest absolute Gasteiger partial charge is 0.159 e. The molecule has 0 amide bonds. The van der Waals surface area contributed by atoms with Gasteiger partial charge in [0, 0.05) is 18.0 Å². The van der Waals surface area contributed by atoms with Crippen LogP contribution in [0.1, 0.15) is 172 Å². The van der Waals surface area contributed by atoms with Crippen molar-refractivity contribution in [1.82, 2.24) is 9.97 Å². The normalized spacial score (nSPS) is 24.7. The molecule has 2 aliphatic carbocycles. The van der Waals surface area contributed by atoms with Crippen LogP contribution in [0.3, 0.4) is 0 Å². The van der Waals surface area contributed by atoms with Gasteiger partial charge in [-0.05, 0) is 86.7 Å². The van der Waals surface area contributed by atoms with Crippen LogP contribution in [-0.4, -0.2) is 9.97 Å². The van der Waals surface area contributed by atoms with Crippen molar-refractivity contribution < 1.29 is 0 Å². The minimum Gasteiger partial charge on any atom is -0.236 e. The molecule has 0 radical (unpaired) electrons. The molecule has 1 aromatic heterocycles. The molecular weight excluding hydrogens is 498 g/mol. The van der Waals surface area contributed by atoms with E-state index in [-0.39, 0.29) is 5.41 Å². The third-order valence-corrected chi connectivity index (χ3v) is 10.5. The molecular formula is C38H57N3. The van der Waals surface area contributed by atoms with Gasteiger partial charge in [-0.1, -0.05) is 115 Å². The van der Waals surface area contributed by atoms with E-state index in [0.29, 0.717) is 11.8 Å². The molecule has 1 heterocycles. The third kappa shape index (κ3) is 9.66. The van der Waals surface area contributed by atoms with Crippen molar-refractivity contribution in [1.29, 1.82) is 5.26 Å². The van der Waals surface area contributed by atoms with Crippen LogP contribution < -0.4 is 0 Å². The zero-order chi connectivity index (χ0) is 28.8. The number of hydrogen-bond donors (Lipinski definition) is 0. The maximum absolute atomic E-state index is 10.0. The first-order chi connectivity index (χ1) is 20.2. The predicted molar refractivity (Wildman–Crippen MR) is 173 cm³/mol. The van der Waals surface area contributed by atoms with E-state index in [0.717, 1.165) is 49.4 Å². The Morgan fingerprint density at radius 1 is 0.683 bits per heavy atom. The second-order valence-corrected chi connectivity index (χ2v) is 13.6. The number of benzene rings is 1. The average Bonchev–Trinajstić information content (AvgIpc) is 3.03.